The van der Waals surface area contributed by atoms with E-state index < -0.39 is 35.8 Å². The Hall–Kier alpha value is -10.8. The number of fused-ring (bicyclic) bond motifs is 3. The molecule has 4 aromatic heterocycles. The average Bonchev–Trinajstić information content (AvgIpc) is 1.10. The van der Waals surface area contributed by atoms with Crippen LogP contribution in [-0.2, 0) is 22.3 Å². The summed E-state index contributed by atoms with van der Waals surface area (Å²) in [5.41, 5.74) is 4.00. The minimum Gasteiger partial charge on any atom is -0.496 e. The lowest BCUT2D eigenvalue weighted by atomic mass is 10.1. The van der Waals surface area contributed by atoms with Crippen molar-refractivity contribution < 1.29 is 97.3 Å². The Morgan fingerprint density at radius 1 is 0.398 bits per heavy atom. The maximum atomic E-state index is 11.3. The molecule has 0 radical (unpaired) electrons. The number of nitrogens with zero attached hydrogens (tertiary/aromatic N) is 6. The van der Waals surface area contributed by atoms with Crippen molar-refractivity contribution in [3.05, 3.63) is 204 Å². The summed E-state index contributed by atoms with van der Waals surface area (Å²) in [7, 11) is 4.21. The predicted molar refractivity (Wildman–Crippen MR) is 341 cm³/mol. The summed E-state index contributed by atoms with van der Waals surface area (Å²) in [5.74, 6) is -7.63. The molecule has 0 unspecified atom stereocenters. The maximum absolute atomic E-state index is 11.3. The molecule has 3 fully saturated rings. The van der Waals surface area contributed by atoms with Gasteiger partial charge in [-0.05, 0) is 127 Å². The van der Waals surface area contributed by atoms with Crippen LogP contribution in [0.15, 0.2) is 160 Å². The van der Waals surface area contributed by atoms with Crippen LogP contribution in [0, 0.1) is 0 Å². The van der Waals surface area contributed by atoms with E-state index in [2.05, 4.69) is 67.2 Å². The van der Waals surface area contributed by atoms with E-state index in [-0.39, 0.29) is 114 Å². The van der Waals surface area contributed by atoms with Gasteiger partial charge in [0.05, 0.1) is 26.9 Å². The van der Waals surface area contributed by atoms with Crippen molar-refractivity contribution in [2.45, 2.75) is 19.8 Å². The Balaban J connectivity index is 0.000000243. The van der Waals surface area contributed by atoms with Crippen molar-refractivity contribution in [1.82, 2.24) is 29.7 Å². The summed E-state index contributed by atoms with van der Waals surface area (Å²) in [6, 6.07) is 22.9. The van der Waals surface area contributed by atoms with Gasteiger partial charge in [0.25, 0.3) is 0 Å². The lowest BCUT2D eigenvalue weighted by Crippen LogP contribution is -2.55. The van der Waals surface area contributed by atoms with Gasteiger partial charge in [-0.15, -0.1) is 0 Å². The predicted octanol–water partition coefficient (Wildman–Crippen LogP) is 8.86. The summed E-state index contributed by atoms with van der Waals surface area (Å²) in [6.45, 7) is 17.5. The maximum Gasteiger partial charge on any atom is 0.339 e. The summed E-state index contributed by atoms with van der Waals surface area (Å²) < 4.78 is 40.4. The average molecular weight is 1290 g/mol. The molecule has 7 heterocycles. The number of aryl methyl sites for hydroxylation is 2. The summed E-state index contributed by atoms with van der Waals surface area (Å²) in [4.78, 5) is 87.8. The van der Waals surface area contributed by atoms with E-state index in [0.717, 1.165) is 49.2 Å². The van der Waals surface area contributed by atoms with Gasteiger partial charge in [0, 0.05) is 103 Å². The first-order valence-corrected chi connectivity index (χ1v) is 28.7. The van der Waals surface area contributed by atoms with E-state index >= 15 is 0 Å². The van der Waals surface area contributed by atoms with E-state index in [1.54, 1.807) is 31.7 Å². The third-order valence-corrected chi connectivity index (χ3v) is 13.0. The topological polar surface area (TPSA) is 356 Å². The van der Waals surface area contributed by atoms with Gasteiger partial charge < -0.3 is 68.5 Å². The lowest BCUT2D eigenvalue weighted by molar-refractivity contribution is 0.0647. The number of carboxylic acids is 6. The van der Waals surface area contributed by atoms with Crippen LogP contribution in [-0.4, -0.2) is 203 Å². The number of carbonyl (C=O) groups is 6. The molecule has 0 aliphatic carbocycles. The van der Waals surface area contributed by atoms with E-state index in [9.17, 15) is 39.0 Å². The van der Waals surface area contributed by atoms with Crippen LogP contribution in [0.25, 0.3) is 11.1 Å². The SMILES string of the molecule is C1CN2CCN1CC2.C=CCOc1cc(C(=O)O)c(OCC=C)cc1C(=O)O.CCOc1cc(C(=O)O)c(OC)cc1C(=O)O.COCCOc1cc(C(=O)O)c(OCCOC)cc1C(=O)O.c1cc(-c2ccncc2)ccn1.c1cc(CCc2ccncc2)ccn1. The molecule has 0 spiro atoms. The van der Waals surface area contributed by atoms with Gasteiger partial charge in [0.1, 0.15) is 94.3 Å². The zero-order chi connectivity index (χ0) is 67.9. The Bertz CT molecular complexity index is 3290. The van der Waals surface area contributed by atoms with Gasteiger partial charge in [-0.25, -0.2) is 28.8 Å². The number of pyridine rings is 4. The number of hydrogen-bond donors (Lipinski definition) is 6. The summed E-state index contributed by atoms with van der Waals surface area (Å²) in [6.07, 6.45) is 19.5. The molecular formula is C67H76N6O20. The first-order chi connectivity index (χ1) is 44.9. The van der Waals surface area contributed by atoms with Crippen LogP contribution >= 0.6 is 0 Å². The molecule has 7 aromatic rings. The van der Waals surface area contributed by atoms with Crippen LogP contribution < -0.4 is 28.4 Å². The molecule has 26 heteroatoms. The molecule has 2 bridgehead atoms. The zero-order valence-corrected chi connectivity index (χ0v) is 52.0. The molecule has 3 aliphatic rings. The highest BCUT2D eigenvalue weighted by Gasteiger charge is 2.24. The second kappa shape index (κ2) is 41.5. The second-order valence-electron chi connectivity index (χ2n) is 19.2. The molecule has 6 N–H and O–H groups in total. The quantitative estimate of drug-likeness (QED) is 0.0207. The third kappa shape index (κ3) is 25.9. The first-order valence-electron chi connectivity index (χ1n) is 28.7. The first kappa shape index (κ1) is 74.7. The van der Waals surface area contributed by atoms with Gasteiger partial charge in [-0.2, -0.15) is 0 Å². The van der Waals surface area contributed by atoms with Crippen LogP contribution in [0.5, 0.6) is 34.5 Å². The fourth-order valence-electron chi connectivity index (χ4n) is 8.37. The Labute approximate surface area is 537 Å². The number of hydrogen-bond acceptors (Lipinski definition) is 20. The van der Waals surface area contributed by atoms with Gasteiger partial charge in [-0.3, -0.25) is 29.7 Å². The van der Waals surface area contributed by atoms with Crippen LogP contribution in [0.2, 0.25) is 0 Å². The lowest BCUT2D eigenvalue weighted by Gasteiger charge is -2.41. The van der Waals surface area contributed by atoms with Gasteiger partial charge in [-0.1, -0.05) is 25.3 Å². The molecule has 3 aliphatic heterocycles. The van der Waals surface area contributed by atoms with Crippen LogP contribution in [0.1, 0.15) is 80.2 Å². The number of methoxy groups -OCH3 is 3. The standard InChI is InChI=1S/C14H18O8.C14H14O6.C12H12N2.C11H12O6.C10H8N2.C6H12N2/c1-19-3-5-21-11-7-10(14(17)18)12(22-6-4-20-2)8-9(11)13(15)16;1-3-5-19-11-7-10(14(17)18)12(20-6-4-2)8-9(11)13(15)16;1(11-3-7-13-8-4-11)2-12-5-9-14-10-6-12;1-3-17-9-5-6(10(12)13)8(16-2)4-7(9)11(14)15;1-5-11-6-2-9(1)10-3-7-12-8-4-10;1-2-8-5-3-7(1)4-6-8/h7-8H,3-6H2,1-2H3,(H,15,16)(H,17,18);3-4,7-8H,1-2,5-6H2,(H,15,16)(H,17,18);3-10H,1-2H2;4-5H,3H2,1-2H3,(H,12,13)(H,14,15);1-8H;1-6H2. The number of aromatic nitrogens is 4. The number of piperazine rings is 3. The highest BCUT2D eigenvalue weighted by molar-refractivity contribution is 5.99. The van der Waals surface area contributed by atoms with E-state index in [1.807, 2.05) is 49.1 Å². The molecule has 26 nitrogen and oxygen atoms in total. The fraction of sp³-hybridized carbons (Fsp3) is 0.284. The summed E-state index contributed by atoms with van der Waals surface area (Å²) in [5, 5.41) is 54.5. The monoisotopic (exact) mass is 1280 g/mol. The number of ether oxygens (including phenoxy) is 8. The largest absolute Gasteiger partial charge is 0.496 e. The highest BCUT2D eigenvalue weighted by Crippen LogP contribution is 2.32. The Morgan fingerprint density at radius 2 is 0.656 bits per heavy atom. The Kier molecular flexibility index (Phi) is 33.3. The highest BCUT2D eigenvalue weighted by atomic mass is 16.5. The van der Waals surface area contributed by atoms with Crippen molar-refractivity contribution in [2.75, 3.05) is 107 Å². The smallest absolute Gasteiger partial charge is 0.339 e. The fourth-order valence-corrected chi connectivity index (χ4v) is 8.37. The number of carboxylic acid groups (broad SMARTS) is 6. The second-order valence-corrected chi connectivity index (χ2v) is 19.2. The molecular weight excluding hydrogens is 1210 g/mol. The van der Waals surface area contributed by atoms with Gasteiger partial charge in [0.15, 0.2) is 0 Å². The van der Waals surface area contributed by atoms with Crippen molar-refractivity contribution in [3.8, 4) is 45.6 Å². The molecule has 0 atom stereocenters. The molecule has 3 saturated heterocycles. The van der Waals surface area contributed by atoms with Crippen LogP contribution in [0.4, 0.5) is 0 Å². The molecule has 0 amide bonds. The van der Waals surface area contributed by atoms with Gasteiger partial charge in [0.2, 0.25) is 0 Å². The number of aromatic carboxylic acids is 6. The third-order valence-electron chi connectivity index (χ3n) is 13.0. The normalized spacial score (nSPS) is 12.9. The number of benzene rings is 3. The van der Waals surface area contributed by atoms with Crippen molar-refractivity contribution in [3.63, 3.8) is 0 Å². The minimum absolute atomic E-state index is 0.0122. The van der Waals surface area contributed by atoms with Crippen molar-refractivity contribution in [1.29, 1.82) is 0 Å². The Morgan fingerprint density at radius 3 is 0.903 bits per heavy atom. The zero-order valence-electron chi connectivity index (χ0n) is 52.0. The van der Waals surface area contributed by atoms with E-state index in [4.69, 9.17) is 58.3 Å². The van der Waals surface area contributed by atoms with E-state index in [0.29, 0.717) is 0 Å². The van der Waals surface area contributed by atoms with Crippen molar-refractivity contribution >= 4 is 35.8 Å². The van der Waals surface area contributed by atoms with Crippen molar-refractivity contribution in [2.24, 2.45) is 0 Å². The van der Waals surface area contributed by atoms with E-state index in [1.165, 1.54) is 95.0 Å². The van der Waals surface area contributed by atoms with Gasteiger partial charge >= 0.3 is 35.8 Å². The minimum atomic E-state index is -1.25. The molecule has 10 rings (SSSR count). The molecule has 93 heavy (non-hydrogen) atoms. The number of rotatable bonds is 27. The molecule has 494 valence electrons. The van der Waals surface area contributed by atoms with Crippen LogP contribution in [0.3, 0.4) is 0 Å². The summed E-state index contributed by atoms with van der Waals surface area (Å²) >= 11 is 0. The molecule has 3 aromatic carbocycles. The molecule has 0 saturated carbocycles.